The molecule has 2 rings (SSSR count). The molecule has 4 nitrogen and oxygen atoms in total. The molecule has 1 aromatic rings. The molecule has 96 valence electrons. The van der Waals surface area contributed by atoms with Gasteiger partial charge >= 0.3 is 0 Å². The van der Waals surface area contributed by atoms with Gasteiger partial charge in [-0.05, 0) is 33.6 Å². The molecule has 0 aromatic carbocycles. The van der Waals surface area contributed by atoms with E-state index in [9.17, 15) is 4.79 Å². The molecule has 4 heteroatoms. The topological polar surface area (TPSA) is 52.9 Å². The predicted molar refractivity (Wildman–Crippen MR) is 70.4 cm³/mol. The Morgan fingerprint density at radius 3 is 2.41 bits per heavy atom. The van der Waals surface area contributed by atoms with E-state index in [0.29, 0.717) is 11.6 Å². The molecular formula is C13H23N3O. The van der Waals surface area contributed by atoms with Crippen LogP contribution in [-0.4, -0.2) is 9.36 Å². The van der Waals surface area contributed by atoms with Crippen molar-refractivity contribution in [1.82, 2.24) is 9.36 Å². The average Bonchev–Trinajstić information content (AvgIpc) is 2.86. The molecule has 1 aliphatic rings. The summed E-state index contributed by atoms with van der Waals surface area (Å²) in [7, 11) is 0. The molecule has 1 fully saturated rings. The molecular weight excluding hydrogens is 214 g/mol. The van der Waals surface area contributed by atoms with Gasteiger partial charge < -0.3 is 5.73 Å². The van der Waals surface area contributed by atoms with E-state index in [2.05, 4.69) is 11.6 Å². The third-order valence-electron chi connectivity index (χ3n) is 3.78. The SMILES string of the molecule is CCn1c(C2CCCC2)c(N)c(=O)n1C(C)C. The monoisotopic (exact) mass is 237 g/mol. The van der Waals surface area contributed by atoms with Crippen LogP contribution < -0.4 is 11.3 Å². The standard InChI is InChI=1S/C13H23N3O/c1-4-15-12(10-7-5-6-8-10)11(14)13(17)16(15)9(2)3/h9-10H,4-8,14H2,1-3H3. The Hall–Kier alpha value is -1.19. The summed E-state index contributed by atoms with van der Waals surface area (Å²) in [5.41, 5.74) is 7.60. The van der Waals surface area contributed by atoms with Crippen molar-refractivity contribution in [3.8, 4) is 0 Å². The highest BCUT2D eigenvalue weighted by Gasteiger charge is 2.27. The number of anilines is 1. The molecule has 0 unspecified atom stereocenters. The number of nitrogens with zero attached hydrogens (tertiary/aromatic N) is 2. The normalized spacial score (nSPS) is 17.2. The van der Waals surface area contributed by atoms with E-state index in [1.807, 2.05) is 18.5 Å². The van der Waals surface area contributed by atoms with E-state index in [4.69, 9.17) is 5.73 Å². The van der Waals surface area contributed by atoms with Crippen LogP contribution in [0.2, 0.25) is 0 Å². The number of hydrogen-bond acceptors (Lipinski definition) is 2. The summed E-state index contributed by atoms with van der Waals surface area (Å²) in [6.07, 6.45) is 4.86. The van der Waals surface area contributed by atoms with E-state index in [1.54, 1.807) is 0 Å². The van der Waals surface area contributed by atoms with Crippen LogP contribution in [0.3, 0.4) is 0 Å². The van der Waals surface area contributed by atoms with Gasteiger partial charge in [0.15, 0.2) is 0 Å². The second kappa shape index (κ2) is 4.59. The summed E-state index contributed by atoms with van der Waals surface area (Å²) in [6.45, 7) is 6.96. The maximum absolute atomic E-state index is 12.2. The smallest absolute Gasteiger partial charge is 0.290 e. The lowest BCUT2D eigenvalue weighted by molar-refractivity contribution is 0.392. The Morgan fingerprint density at radius 1 is 1.35 bits per heavy atom. The first-order chi connectivity index (χ1) is 8.07. The van der Waals surface area contributed by atoms with Crippen LogP contribution in [0.15, 0.2) is 4.79 Å². The van der Waals surface area contributed by atoms with Crippen molar-refractivity contribution >= 4 is 5.69 Å². The van der Waals surface area contributed by atoms with Gasteiger partial charge in [-0.2, -0.15) is 0 Å². The van der Waals surface area contributed by atoms with Crippen LogP contribution in [0.25, 0.3) is 0 Å². The highest BCUT2D eigenvalue weighted by Crippen LogP contribution is 2.36. The average molecular weight is 237 g/mol. The largest absolute Gasteiger partial charge is 0.393 e. The third kappa shape index (κ3) is 1.90. The van der Waals surface area contributed by atoms with Crippen molar-refractivity contribution < 1.29 is 0 Å². The second-order valence-electron chi connectivity index (χ2n) is 5.24. The second-order valence-corrected chi connectivity index (χ2v) is 5.24. The lowest BCUT2D eigenvalue weighted by Crippen LogP contribution is -2.25. The third-order valence-corrected chi connectivity index (χ3v) is 3.78. The zero-order valence-corrected chi connectivity index (χ0v) is 11.1. The number of aromatic nitrogens is 2. The quantitative estimate of drug-likeness (QED) is 0.878. The fourth-order valence-electron chi connectivity index (χ4n) is 3.06. The fraction of sp³-hybridized carbons (Fsp3) is 0.769. The highest BCUT2D eigenvalue weighted by atomic mass is 16.1. The molecule has 1 aromatic heterocycles. The van der Waals surface area contributed by atoms with Crippen LogP contribution in [0.5, 0.6) is 0 Å². The molecule has 2 N–H and O–H groups in total. The summed E-state index contributed by atoms with van der Waals surface area (Å²) in [5.74, 6) is 0.489. The maximum Gasteiger partial charge on any atom is 0.290 e. The van der Waals surface area contributed by atoms with Gasteiger partial charge in [0.1, 0.15) is 5.69 Å². The summed E-state index contributed by atoms with van der Waals surface area (Å²) in [5, 5.41) is 0. The van der Waals surface area contributed by atoms with Gasteiger partial charge in [0, 0.05) is 18.5 Å². The van der Waals surface area contributed by atoms with E-state index in [0.717, 1.165) is 12.2 Å². The first-order valence-corrected chi connectivity index (χ1v) is 6.68. The van der Waals surface area contributed by atoms with E-state index < -0.39 is 0 Å². The maximum atomic E-state index is 12.2. The van der Waals surface area contributed by atoms with Gasteiger partial charge in [0.05, 0.1) is 5.69 Å². The molecule has 0 saturated heterocycles. The minimum Gasteiger partial charge on any atom is -0.393 e. The molecule has 0 amide bonds. The van der Waals surface area contributed by atoms with Gasteiger partial charge in [-0.1, -0.05) is 12.8 Å². The van der Waals surface area contributed by atoms with Crippen LogP contribution >= 0.6 is 0 Å². The summed E-state index contributed by atoms with van der Waals surface area (Å²) >= 11 is 0. The van der Waals surface area contributed by atoms with E-state index in [-0.39, 0.29) is 11.6 Å². The summed E-state index contributed by atoms with van der Waals surface area (Å²) in [4.78, 5) is 12.2. The van der Waals surface area contributed by atoms with Gasteiger partial charge in [-0.3, -0.25) is 9.48 Å². The van der Waals surface area contributed by atoms with Gasteiger partial charge in [-0.25, -0.2) is 4.68 Å². The lowest BCUT2D eigenvalue weighted by Gasteiger charge is -2.18. The van der Waals surface area contributed by atoms with Gasteiger partial charge in [0.25, 0.3) is 5.56 Å². The Bertz CT molecular complexity index is 450. The van der Waals surface area contributed by atoms with Crippen molar-refractivity contribution in [2.45, 2.75) is 65.0 Å². The summed E-state index contributed by atoms with van der Waals surface area (Å²) < 4.78 is 3.90. The number of nitrogen functional groups attached to an aromatic ring is 1. The first kappa shape index (κ1) is 12.3. The number of hydrogen-bond donors (Lipinski definition) is 1. The van der Waals surface area contributed by atoms with Gasteiger partial charge in [0.2, 0.25) is 0 Å². The molecule has 0 aliphatic heterocycles. The minimum atomic E-state index is -0.0104. The Labute approximate surface area is 102 Å². The molecule has 0 spiro atoms. The zero-order valence-electron chi connectivity index (χ0n) is 11.1. The van der Waals surface area contributed by atoms with Crippen LogP contribution in [0, 0.1) is 0 Å². The van der Waals surface area contributed by atoms with Crippen LogP contribution in [0.1, 0.15) is 64.1 Å². The lowest BCUT2D eigenvalue weighted by atomic mass is 10.0. The molecule has 17 heavy (non-hydrogen) atoms. The molecule has 0 bridgehead atoms. The van der Waals surface area contributed by atoms with E-state index >= 15 is 0 Å². The highest BCUT2D eigenvalue weighted by molar-refractivity contribution is 5.44. The molecule has 1 heterocycles. The first-order valence-electron chi connectivity index (χ1n) is 6.68. The Morgan fingerprint density at radius 2 is 1.94 bits per heavy atom. The zero-order chi connectivity index (χ0) is 12.6. The van der Waals surface area contributed by atoms with Crippen molar-refractivity contribution in [3.63, 3.8) is 0 Å². The predicted octanol–water partition coefficient (Wildman–Crippen LogP) is 2.49. The van der Waals surface area contributed by atoms with Crippen molar-refractivity contribution in [1.29, 1.82) is 0 Å². The molecule has 1 aliphatic carbocycles. The van der Waals surface area contributed by atoms with Crippen LogP contribution in [0.4, 0.5) is 5.69 Å². The number of nitrogens with two attached hydrogens (primary N) is 1. The molecule has 0 atom stereocenters. The Balaban J connectivity index is 2.57. The van der Waals surface area contributed by atoms with Crippen molar-refractivity contribution in [2.24, 2.45) is 0 Å². The van der Waals surface area contributed by atoms with Crippen molar-refractivity contribution in [2.75, 3.05) is 5.73 Å². The minimum absolute atomic E-state index is 0.0104. The van der Waals surface area contributed by atoms with E-state index in [1.165, 1.54) is 25.7 Å². The van der Waals surface area contributed by atoms with Crippen molar-refractivity contribution in [3.05, 3.63) is 16.0 Å². The van der Waals surface area contributed by atoms with Gasteiger partial charge in [-0.15, -0.1) is 0 Å². The summed E-state index contributed by atoms with van der Waals surface area (Å²) in [6, 6.07) is 0.167. The van der Waals surface area contributed by atoms with Crippen LogP contribution in [-0.2, 0) is 6.54 Å². The molecule has 1 saturated carbocycles. The fourth-order valence-corrected chi connectivity index (χ4v) is 3.06. The molecule has 0 radical (unpaired) electrons. The number of rotatable bonds is 3. The Kier molecular flexibility index (Phi) is 3.31.